The lowest BCUT2D eigenvalue weighted by Gasteiger charge is -2.31. The lowest BCUT2D eigenvalue weighted by Crippen LogP contribution is -2.58. The number of nitrogens with two attached hydrogens (primary N) is 3. The summed E-state index contributed by atoms with van der Waals surface area (Å²) in [6, 6.07) is -9.56. The third-order valence-corrected chi connectivity index (χ3v) is 11.5. The van der Waals surface area contributed by atoms with Gasteiger partial charge in [0.2, 0.25) is 53.2 Å². The maximum atomic E-state index is 13.9. The monoisotopic (exact) mass is 980 g/mol. The molecule has 0 spiro atoms. The van der Waals surface area contributed by atoms with Crippen molar-refractivity contribution in [2.24, 2.45) is 39.9 Å². The van der Waals surface area contributed by atoms with E-state index in [1.54, 1.807) is 13.8 Å². The number of carboxylic acid groups (broad SMARTS) is 2. The van der Waals surface area contributed by atoms with E-state index < -0.39 is 139 Å². The van der Waals surface area contributed by atoms with E-state index in [4.69, 9.17) is 17.2 Å². The van der Waals surface area contributed by atoms with Crippen LogP contribution in [0, 0.1) is 17.8 Å². The average Bonchev–Trinajstić information content (AvgIpc) is 3.97. The Morgan fingerprint density at radius 1 is 0.652 bits per heavy atom. The number of amides is 9. The highest BCUT2D eigenvalue weighted by Crippen LogP contribution is 2.25. The standard InChI is InChI=1S/C43H73N13O13/c1-21(2)17-26(53-40(66)33(44)22(3)4)36(62)49-20-31(58)55-15-10-13-29(55)41(67)56-16-9-12-28(56)39(65)48-19-30(57)50-24(7)35(61)51-25(11-8-14-47-43(45)46)37(63)52-27(18-32(59)60)38(64)54-34(23(5)6)42(68)69/h21-29,33-34H,8-20,44H2,1-7H3,(H,48,65)(H,49,62)(H,50,57)(H,51,61)(H,52,63)(H,53,66)(H,54,64)(H,59,60)(H,68,69)(H4,45,46,47)/t24-,25-,26-,27-,28-,29-,33-,34-/m0/s1. The zero-order valence-electron chi connectivity index (χ0n) is 40.5. The first-order valence-electron chi connectivity index (χ1n) is 23.2. The van der Waals surface area contributed by atoms with Crippen LogP contribution < -0.4 is 54.4 Å². The number of carboxylic acids is 2. The summed E-state index contributed by atoms with van der Waals surface area (Å²) < 4.78 is 0. The fourth-order valence-electron chi connectivity index (χ4n) is 7.61. The maximum Gasteiger partial charge on any atom is 0.326 e. The number of aliphatic carboxylic acids is 2. The molecule has 2 fully saturated rings. The first-order valence-corrected chi connectivity index (χ1v) is 23.2. The van der Waals surface area contributed by atoms with Gasteiger partial charge in [-0.25, -0.2) is 4.79 Å². The number of hydrogen-bond donors (Lipinski definition) is 12. The van der Waals surface area contributed by atoms with Crippen molar-refractivity contribution < 1.29 is 63.0 Å². The van der Waals surface area contributed by atoms with E-state index in [0.29, 0.717) is 25.7 Å². The SMILES string of the molecule is CC(C)C[C@H](NC(=O)[C@@H](N)C(C)C)C(=O)NCC(=O)N1CCC[C@H]1C(=O)N1CCC[C@H]1C(=O)NCC(=O)N[C@@H](C)C(=O)N[C@@H](CCCN=C(N)N)C(=O)N[C@@H](CC(=O)O)C(=O)N[C@H](C(=O)O)C(C)C. The number of nitrogens with zero attached hydrogens (tertiary/aromatic N) is 3. The third kappa shape index (κ3) is 19.1. The molecule has 0 aromatic carbocycles. The Morgan fingerprint density at radius 2 is 1.23 bits per heavy atom. The Labute approximate surface area is 401 Å². The van der Waals surface area contributed by atoms with Crippen molar-refractivity contribution in [2.75, 3.05) is 32.7 Å². The van der Waals surface area contributed by atoms with E-state index in [-0.39, 0.29) is 56.7 Å². The molecule has 15 N–H and O–H groups in total. The van der Waals surface area contributed by atoms with Crippen LogP contribution in [0.5, 0.6) is 0 Å². The van der Waals surface area contributed by atoms with Gasteiger partial charge >= 0.3 is 11.9 Å². The smallest absolute Gasteiger partial charge is 0.326 e. The summed E-state index contributed by atoms with van der Waals surface area (Å²) in [5.41, 5.74) is 16.7. The molecule has 2 aliphatic rings. The second kappa shape index (κ2) is 28.0. The van der Waals surface area contributed by atoms with Gasteiger partial charge in [0.15, 0.2) is 5.96 Å². The summed E-state index contributed by atoms with van der Waals surface area (Å²) in [4.78, 5) is 149. The molecule has 2 saturated heterocycles. The molecular weight excluding hydrogens is 907 g/mol. The number of carbonyl (C=O) groups is 11. The van der Waals surface area contributed by atoms with E-state index in [1.165, 1.54) is 30.6 Å². The van der Waals surface area contributed by atoms with Gasteiger partial charge in [-0.05, 0) is 69.6 Å². The van der Waals surface area contributed by atoms with E-state index in [1.807, 2.05) is 13.8 Å². The summed E-state index contributed by atoms with van der Waals surface area (Å²) >= 11 is 0. The summed E-state index contributed by atoms with van der Waals surface area (Å²) in [5, 5.41) is 36.0. The van der Waals surface area contributed by atoms with Gasteiger partial charge in [-0.2, -0.15) is 0 Å². The maximum absolute atomic E-state index is 13.9. The van der Waals surface area contributed by atoms with Crippen LogP contribution in [0.3, 0.4) is 0 Å². The molecule has 2 aliphatic heterocycles. The van der Waals surface area contributed by atoms with Crippen LogP contribution in [-0.4, -0.2) is 172 Å². The van der Waals surface area contributed by atoms with Crippen molar-refractivity contribution in [3.63, 3.8) is 0 Å². The van der Waals surface area contributed by atoms with Crippen molar-refractivity contribution in [3.05, 3.63) is 0 Å². The van der Waals surface area contributed by atoms with Gasteiger partial charge in [-0.15, -0.1) is 0 Å². The Bertz CT molecular complexity index is 1910. The zero-order chi connectivity index (χ0) is 52.3. The molecule has 8 atom stereocenters. The number of guanidine groups is 1. The van der Waals surface area contributed by atoms with Crippen LogP contribution in [0.25, 0.3) is 0 Å². The highest BCUT2D eigenvalue weighted by Gasteiger charge is 2.42. The van der Waals surface area contributed by atoms with Crippen LogP contribution >= 0.6 is 0 Å². The van der Waals surface area contributed by atoms with Crippen molar-refractivity contribution in [3.8, 4) is 0 Å². The summed E-state index contributed by atoms with van der Waals surface area (Å²) in [5.74, 6) is -10.4. The zero-order valence-corrected chi connectivity index (χ0v) is 40.5. The van der Waals surface area contributed by atoms with Crippen molar-refractivity contribution in [2.45, 2.75) is 148 Å². The lowest BCUT2D eigenvalue weighted by atomic mass is 10.0. The van der Waals surface area contributed by atoms with Crippen molar-refractivity contribution in [1.82, 2.24) is 47.0 Å². The molecule has 0 unspecified atom stereocenters. The van der Waals surface area contributed by atoms with Gasteiger partial charge in [0.05, 0.1) is 25.6 Å². The highest BCUT2D eigenvalue weighted by molar-refractivity contribution is 5.98. The van der Waals surface area contributed by atoms with Crippen LogP contribution in [0.2, 0.25) is 0 Å². The van der Waals surface area contributed by atoms with E-state index in [2.05, 4.69) is 42.2 Å². The largest absolute Gasteiger partial charge is 0.481 e. The van der Waals surface area contributed by atoms with Crippen LogP contribution in [0.1, 0.15) is 99.8 Å². The molecule has 69 heavy (non-hydrogen) atoms. The first-order chi connectivity index (χ1) is 32.2. The van der Waals surface area contributed by atoms with Crippen molar-refractivity contribution >= 4 is 71.1 Å². The molecule has 0 aromatic rings. The number of aliphatic imine (C=N–C) groups is 1. The summed E-state index contributed by atoms with van der Waals surface area (Å²) in [6.45, 7) is 11.0. The summed E-state index contributed by atoms with van der Waals surface area (Å²) in [6.07, 6.45) is 0.858. The van der Waals surface area contributed by atoms with Gasteiger partial charge in [-0.1, -0.05) is 41.5 Å². The Morgan fingerprint density at radius 3 is 1.80 bits per heavy atom. The van der Waals surface area contributed by atoms with Gasteiger partial charge in [0, 0.05) is 19.6 Å². The first kappa shape index (κ1) is 58.5. The normalized spacial score (nSPS) is 18.2. The summed E-state index contributed by atoms with van der Waals surface area (Å²) in [7, 11) is 0. The average molecular weight is 980 g/mol. The number of hydrogen-bond acceptors (Lipinski definition) is 13. The number of likely N-dealkylation sites (tertiary alicyclic amines) is 2. The molecule has 26 heteroatoms. The van der Waals surface area contributed by atoms with Crippen molar-refractivity contribution in [1.29, 1.82) is 0 Å². The van der Waals surface area contributed by atoms with E-state index in [9.17, 15) is 63.0 Å². The van der Waals surface area contributed by atoms with Gasteiger partial charge in [0.25, 0.3) is 0 Å². The number of carbonyl (C=O) groups excluding carboxylic acids is 9. The molecule has 388 valence electrons. The molecule has 9 amide bonds. The van der Waals surface area contributed by atoms with E-state index in [0.717, 1.165) is 0 Å². The topological polar surface area (TPSA) is 409 Å². The van der Waals surface area contributed by atoms with E-state index >= 15 is 0 Å². The Balaban J connectivity index is 2.06. The predicted octanol–water partition coefficient (Wildman–Crippen LogP) is -4.06. The minimum atomic E-state index is -1.75. The highest BCUT2D eigenvalue weighted by atomic mass is 16.4. The molecule has 0 aromatic heterocycles. The van der Waals surface area contributed by atoms with Crippen LogP contribution in [0.4, 0.5) is 0 Å². The molecular formula is C43H73N13O13. The predicted molar refractivity (Wildman–Crippen MR) is 248 cm³/mol. The molecule has 0 radical (unpaired) electrons. The minimum absolute atomic E-state index is 0.0136. The quantitative estimate of drug-likeness (QED) is 0.0212. The number of nitrogens with one attached hydrogen (secondary N) is 7. The number of rotatable bonds is 27. The fraction of sp³-hybridized carbons (Fsp3) is 0.721. The molecule has 0 saturated carbocycles. The van der Waals surface area contributed by atoms with Gasteiger partial charge in [-0.3, -0.25) is 52.9 Å². The fourth-order valence-corrected chi connectivity index (χ4v) is 7.61. The second-order valence-corrected chi connectivity index (χ2v) is 18.4. The second-order valence-electron chi connectivity index (χ2n) is 18.4. The Kier molecular flexibility index (Phi) is 23.8. The molecule has 2 heterocycles. The molecule has 0 bridgehead atoms. The Hall–Kier alpha value is -6.60. The van der Waals surface area contributed by atoms with Gasteiger partial charge in [0.1, 0.15) is 42.3 Å². The lowest BCUT2D eigenvalue weighted by molar-refractivity contribution is -0.146. The van der Waals surface area contributed by atoms with Gasteiger partial charge < -0.3 is 74.4 Å². The van der Waals surface area contributed by atoms with Crippen LogP contribution in [-0.2, 0) is 52.7 Å². The molecule has 2 rings (SSSR count). The molecule has 0 aliphatic carbocycles. The third-order valence-electron chi connectivity index (χ3n) is 11.5. The van der Waals surface area contributed by atoms with Crippen LogP contribution in [0.15, 0.2) is 4.99 Å². The minimum Gasteiger partial charge on any atom is -0.481 e. The molecule has 26 nitrogen and oxygen atoms in total.